The Labute approximate surface area is 276 Å². The number of amides is 3. The summed E-state index contributed by atoms with van der Waals surface area (Å²) in [4.78, 5) is 55.4. The zero-order valence-electron chi connectivity index (χ0n) is 26.8. The molecule has 3 aromatic rings. The molecule has 1 saturated heterocycles. The number of rotatable bonds is 17. The maximum Gasteiger partial charge on any atom is 0.309 e. The van der Waals surface area contributed by atoms with Crippen molar-refractivity contribution in [1.29, 1.82) is 0 Å². The Kier molecular flexibility index (Phi) is 13.3. The molecule has 4 unspecified atom stereocenters. The summed E-state index contributed by atoms with van der Waals surface area (Å²) in [6.07, 6.45) is 6.50. The molecule has 9 nitrogen and oxygen atoms in total. The smallest absolute Gasteiger partial charge is 0.309 e. The first-order valence-electron chi connectivity index (χ1n) is 16.3. The number of allylic oxidation sites excluding steroid dienone is 2. The maximum atomic E-state index is 13.7. The first-order valence-corrected chi connectivity index (χ1v) is 16.3. The predicted molar refractivity (Wildman–Crippen MR) is 183 cm³/mol. The Hall–Kier alpha value is -4.76. The molecule has 4 atom stereocenters. The summed E-state index contributed by atoms with van der Waals surface area (Å²) in [7, 11) is 0. The number of aliphatic hydroxyl groups excluding tert-OH is 1. The third-order valence-corrected chi connectivity index (χ3v) is 8.57. The lowest BCUT2D eigenvalue weighted by molar-refractivity contribution is -0.150. The first kappa shape index (κ1) is 35.1. The topological polar surface area (TPSA) is 125 Å². The van der Waals surface area contributed by atoms with Gasteiger partial charge in [-0.25, -0.2) is 0 Å². The van der Waals surface area contributed by atoms with E-state index < -0.39 is 42.3 Å². The van der Waals surface area contributed by atoms with Crippen molar-refractivity contribution in [2.45, 2.75) is 57.0 Å². The van der Waals surface area contributed by atoms with Crippen LogP contribution >= 0.6 is 0 Å². The summed E-state index contributed by atoms with van der Waals surface area (Å²) in [5.41, 5.74) is 1.50. The molecule has 1 aliphatic rings. The molecule has 0 bridgehead atoms. The van der Waals surface area contributed by atoms with Crippen LogP contribution in [0.2, 0.25) is 0 Å². The Balaban J connectivity index is 1.50. The molecular weight excluding hydrogens is 594 g/mol. The third kappa shape index (κ3) is 10.1. The van der Waals surface area contributed by atoms with E-state index in [2.05, 4.69) is 23.8 Å². The van der Waals surface area contributed by atoms with Gasteiger partial charge in [0, 0.05) is 18.7 Å². The lowest BCUT2D eigenvalue weighted by atomic mass is 9.95. The summed E-state index contributed by atoms with van der Waals surface area (Å²) >= 11 is 0. The maximum absolute atomic E-state index is 13.7. The van der Waals surface area contributed by atoms with Crippen molar-refractivity contribution in [3.05, 3.63) is 104 Å². The standard InChI is InChI=1S/C38H45N3O6/c1-3-5-15-31(22-27-13-7-6-8-14-27)38(46)47-26-34(37(45)39-32-20-19-28-16-9-10-17-29(28)23-32)40-36(44)30(12-4-2)24-35(43)41-21-11-18-33(41)25-42/h3-4,6-10,13-14,16-17,19-20,23,30-31,33-34,42H,1-2,5,11-12,15,18,21-22,24-26H2,(H,39,45)(H,40,44). The fourth-order valence-corrected chi connectivity index (χ4v) is 5.94. The number of ether oxygens (including phenoxy) is 1. The summed E-state index contributed by atoms with van der Waals surface area (Å²) in [6.45, 7) is 7.52. The molecule has 0 spiro atoms. The number of nitrogens with zero attached hydrogens (tertiary/aromatic N) is 1. The highest BCUT2D eigenvalue weighted by Crippen LogP contribution is 2.22. The Morgan fingerprint density at radius 2 is 1.68 bits per heavy atom. The van der Waals surface area contributed by atoms with Gasteiger partial charge in [0.2, 0.25) is 11.8 Å². The molecule has 0 aromatic heterocycles. The van der Waals surface area contributed by atoms with Crippen LogP contribution in [0.4, 0.5) is 5.69 Å². The van der Waals surface area contributed by atoms with E-state index >= 15 is 0 Å². The highest BCUT2D eigenvalue weighted by molar-refractivity contribution is 5.99. The van der Waals surface area contributed by atoms with Gasteiger partial charge in [0.05, 0.1) is 24.5 Å². The minimum absolute atomic E-state index is 0.103. The molecule has 248 valence electrons. The van der Waals surface area contributed by atoms with Gasteiger partial charge in [-0.05, 0) is 67.0 Å². The number of anilines is 1. The van der Waals surface area contributed by atoms with Crippen LogP contribution in [-0.2, 0) is 30.3 Å². The van der Waals surface area contributed by atoms with Crippen molar-refractivity contribution in [2.75, 3.05) is 25.1 Å². The Morgan fingerprint density at radius 3 is 2.40 bits per heavy atom. The van der Waals surface area contributed by atoms with Gasteiger partial charge in [-0.2, -0.15) is 0 Å². The van der Waals surface area contributed by atoms with Crippen molar-refractivity contribution in [3.8, 4) is 0 Å². The van der Waals surface area contributed by atoms with Gasteiger partial charge in [0.1, 0.15) is 12.6 Å². The largest absolute Gasteiger partial charge is 0.463 e. The van der Waals surface area contributed by atoms with Crippen LogP contribution in [0.1, 0.15) is 44.1 Å². The SMILES string of the molecule is C=CCCC(Cc1ccccc1)C(=O)OCC(NC(=O)C(CC=C)CC(=O)N1CCCC1CO)C(=O)Nc1ccc2ccccc2c1. The van der Waals surface area contributed by atoms with E-state index in [1.54, 1.807) is 23.1 Å². The molecule has 0 saturated carbocycles. The number of aliphatic hydroxyl groups is 1. The fourth-order valence-electron chi connectivity index (χ4n) is 5.94. The molecular formula is C38H45N3O6. The molecule has 0 aliphatic carbocycles. The number of carbonyl (C=O) groups is 4. The third-order valence-electron chi connectivity index (χ3n) is 8.57. The van der Waals surface area contributed by atoms with Gasteiger partial charge in [0.15, 0.2) is 0 Å². The number of hydrogen-bond acceptors (Lipinski definition) is 6. The molecule has 9 heteroatoms. The van der Waals surface area contributed by atoms with Crippen LogP contribution in [0, 0.1) is 11.8 Å². The normalized spacial score (nSPS) is 16.1. The van der Waals surface area contributed by atoms with E-state index in [0.717, 1.165) is 22.8 Å². The number of nitrogens with one attached hydrogen (secondary N) is 2. The quantitative estimate of drug-likeness (QED) is 0.138. The van der Waals surface area contributed by atoms with Crippen molar-refractivity contribution >= 4 is 40.2 Å². The molecule has 47 heavy (non-hydrogen) atoms. The average Bonchev–Trinajstić information content (AvgIpc) is 3.58. The zero-order valence-corrected chi connectivity index (χ0v) is 26.8. The first-order chi connectivity index (χ1) is 22.8. The van der Waals surface area contributed by atoms with Gasteiger partial charge >= 0.3 is 5.97 Å². The highest BCUT2D eigenvalue weighted by atomic mass is 16.5. The van der Waals surface area contributed by atoms with Crippen LogP contribution in [0.15, 0.2) is 98.1 Å². The number of benzene rings is 3. The second kappa shape index (κ2) is 17.8. The number of hydrogen-bond donors (Lipinski definition) is 3. The van der Waals surface area contributed by atoms with E-state index in [9.17, 15) is 24.3 Å². The van der Waals surface area contributed by atoms with Crippen LogP contribution in [0.25, 0.3) is 10.8 Å². The highest BCUT2D eigenvalue weighted by Gasteiger charge is 2.33. The number of fused-ring (bicyclic) bond motifs is 1. The second-order valence-corrected chi connectivity index (χ2v) is 12.0. The lowest BCUT2D eigenvalue weighted by Crippen LogP contribution is -2.50. The summed E-state index contributed by atoms with van der Waals surface area (Å²) in [6, 6.07) is 21.3. The molecule has 3 N–H and O–H groups in total. The van der Waals surface area contributed by atoms with Crippen LogP contribution < -0.4 is 10.6 Å². The van der Waals surface area contributed by atoms with Gasteiger partial charge in [-0.3, -0.25) is 19.2 Å². The van der Waals surface area contributed by atoms with Gasteiger partial charge in [-0.1, -0.05) is 72.8 Å². The Morgan fingerprint density at radius 1 is 0.936 bits per heavy atom. The van der Waals surface area contributed by atoms with E-state index in [1.807, 2.05) is 66.7 Å². The molecule has 1 heterocycles. The fraction of sp³-hybridized carbons (Fsp3) is 0.368. The van der Waals surface area contributed by atoms with Crippen molar-refractivity contribution in [1.82, 2.24) is 10.2 Å². The summed E-state index contributed by atoms with van der Waals surface area (Å²) < 4.78 is 5.72. The predicted octanol–water partition coefficient (Wildman–Crippen LogP) is 5.20. The van der Waals surface area contributed by atoms with E-state index in [1.165, 1.54) is 0 Å². The van der Waals surface area contributed by atoms with Crippen LogP contribution in [0.3, 0.4) is 0 Å². The molecule has 3 amide bonds. The van der Waals surface area contributed by atoms with Crippen molar-refractivity contribution in [3.63, 3.8) is 0 Å². The average molecular weight is 640 g/mol. The zero-order chi connectivity index (χ0) is 33.6. The van der Waals surface area contributed by atoms with Gasteiger partial charge < -0.3 is 25.4 Å². The number of carbonyl (C=O) groups excluding carboxylic acids is 4. The van der Waals surface area contributed by atoms with Gasteiger partial charge in [-0.15, -0.1) is 13.2 Å². The molecule has 3 aromatic carbocycles. The Bertz CT molecular complexity index is 1540. The monoisotopic (exact) mass is 639 g/mol. The van der Waals surface area contributed by atoms with Crippen molar-refractivity contribution < 1.29 is 29.0 Å². The van der Waals surface area contributed by atoms with Gasteiger partial charge in [0.25, 0.3) is 5.91 Å². The summed E-state index contributed by atoms with van der Waals surface area (Å²) in [5.74, 6) is -3.07. The van der Waals surface area contributed by atoms with Crippen molar-refractivity contribution in [2.24, 2.45) is 11.8 Å². The van der Waals surface area contributed by atoms with E-state index in [0.29, 0.717) is 37.9 Å². The summed E-state index contributed by atoms with van der Waals surface area (Å²) in [5, 5.41) is 17.2. The lowest BCUT2D eigenvalue weighted by Gasteiger charge is -2.26. The van der Waals surface area contributed by atoms with Crippen LogP contribution in [-0.4, -0.2) is 65.5 Å². The minimum Gasteiger partial charge on any atom is -0.463 e. The minimum atomic E-state index is -1.23. The molecule has 0 radical (unpaired) electrons. The second-order valence-electron chi connectivity index (χ2n) is 12.0. The van der Waals surface area contributed by atoms with Crippen LogP contribution in [0.5, 0.6) is 0 Å². The van der Waals surface area contributed by atoms with E-state index in [4.69, 9.17) is 4.74 Å². The number of esters is 1. The molecule has 1 aliphatic heterocycles. The molecule has 1 fully saturated rings. The molecule has 4 rings (SSSR count). The van der Waals surface area contributed by atoms with E-state index in [-0.39, 0.29) is 31.4 Å². The number of likely N-dealkylation sites (tertiary alicyclic amines) is 1.